The van der Waals surface area contributed by atoms with E-state index in [1.807, 2.05) is 12.1 Å². The van der Waals surface area contributed by atoms with Gasteiger partial charge in [-0.05, 0) is 74.5 Å². The zero-order valence-corrected chi connectivity index (χ0v) is 33.4. The van der Waals surface area contributed by atoms with Gasteiger partial charge in [0.2, 0.25) is 25.9 Å². The molecule has 0 amide bonds. The summed E-state index contributed by atoms with van der Waals surface area (Å²) in [7, 11) is -3.55. The molecular weight excluding hydrogens is 797 g/mol. The lowest BCUT2D eigenvalue weighted by atomic mass is 10.2. The zero-order valence-electron chi connectivity index (χ0n) is 31.8. The molecule has 0 aliphatic rings. The van der Waals surface area contributed by atoms with Crippen molar-refractivity contribution >= 4 is 59.0 Å². The molecule has 58 heavy (non-hydrogen) atoms. The molecule has 7 aromatic rings. The Bertz CT molecular complexity index is 2770. The summed E-state index contributed by atoms with van der Waals surface area (Å²) in [6.45, 7) is 3.13. The fourth-order valence-corrected chi connectivity index (χ4v) is 7.92. The molecule has 21 heteroatoms. The summed E-state index contributed by atoms with van der Waals surface area (Å²) in [4.78, 5) is 20.1. The normalized spacial score (nSPS) is 11.9. The van der Waals surface area contributed by atoms with Crippen molar-refractivity contribution < 1.29 is 34.8 Å². The molecule has 0 spiro atoms. The van der Waals surface area contributed by atoms with Crippen LogP contribution in [0.4, 0.5) is 20.2 Å². The number of sulfonamides is 2. The quantitative estimate of drug-likeness (QED) is 0.146. The lowest BCUT2D eigenvalue weighted by Crippen LogP contribution is -2.32. The highest BCUT2D eigenvalue weighted by Crippen LogP contribution is 2.28. The van der Waals surface area contributed by atoms with Crippen LogP contribution in [0.25, 0.3) is 33.3 Å². The number of hydrogen-bond donors (Lipinski definition) is 1. The maximum Gasteiger partial charge on any atom is 0.314 e. The summed E-state index contributed by atoms with van der Waals surface area (Å²) in [5.41, 5.74) is 9.75. The van der Waals surface area contributed by atoms with Gasteiger partial charge in [0.15, 0.2) is 5.78 Å². The highest BCUT2D eigenvalue weighted by molar-refractivity contribution is 7.93. The molecule has 2 N–H and O–H groups in total. The molecule has 0 aliphatic carbocycles. The fraction of sp³-hybridized carbons (Fsp3) is 0.270. The number of halogens is 2. The van der Waals surface area contributed by atoms with E-state index in [-0.39, 0.29) is 42.8 Å². The number of nitrogens with two attached hydrogens (primary N) is 1. The van der Waals surface area contributed by atoms with Crippen LogP contribution in [0.1, 0.15) is 47.9 Å². The lowest BCUT2D eigenvalue weighted by Gasteiger charge is -2.23. The summed E-state index contributed by atoms with van der Waals surface area (Å²) in [6.07, 6.45) is 3.37. The summed E-state index contributed by atoms with van der Waals surface area (Å²) in [5.74, 6) is -1.21. The minimum atomic E-state index is -3.61. The Morgan fingerprint density at radius 3 is 1.67 bits per heavy atom. The lowest BCUT2D eigenvalue weighted by molar-refractivity contribution is 0.100. The maximum absolute atomic E-state index is 12.8. The average molecular weight is 836 g/mol. The molecule has 17 nitrogen and oxygen atoms in total. The van der Waals surface area contributed by atoms with Crippen LogP contribution in [-0.4, -0.2) is 80.4 Å². The Morgan fingerprint density at radius 2 is 1.26 bits per heavy atom. The summed E-state index contributed by atoms with van der Waals surface area (Å²) in [5, 5.41) is 17.1. The number of pyridine rings is 2. The Hall–Kier alpha value is -6.19. The Labute approximate surface area is 332 Å². The number of carbonyl (C=O) groups excluding carboxylic acids is 1. The van der Waals surface area contributed by atoms with Gasteiger partial charge < -0.3 is 10.2 Å². The van der Waals surface area contributed by atoms with Crippen LogP contribution in [0.5, 0.6) is 0 Å². The van der Waals surface area contributed by atoms with Crippen LogP contribution in [0.3, 0.4) is 0 Å². The highest BCUT2D eigenvalue weighted by atomic mass is 32.2. The van der Waals surface area contributed by atoms with E-state index in [4.69, 9.17) is 10.2 Å². The first kappa shape index (κ1) is 41.4. The smallest absolute Gasteiger partial charge is 0.314 e. The highest BCUT2D eigenvalue weighted by Gasteiger charge is 2.24. The molecule has 0 saturated carbocycles. The molecule has 2 aromatic carbocycles. The molecule has 0 fully saturated rings. The standard InChI is InChI=1S/C19H18F2N6O3S.C18H21N5O3S/c1-3-31(28,29)27(15-7-5-12-10-23-26(2)16(12)8-15)11-14-6-4-13(9-22-14)18-24-25-19(30-18)17(20)21;1-3-27(25,26)23(12-15-6-4-14(10-20-15)18(24)9-19)16-7-5-13-11-21-22(2)17(13)8-16/h4-10,17H,3,11H2,1-2H3;4-8,10-11H,3,9,12,19H2,1-2H3. The van der Waals surface area contributed by atoms with Crippen LogP contribution < -0.4 is 14.3 Å². The van der Waals surface area contributed by atoms with E-state index in [0.29, 0.717) is 33.9 Å². The SMILES string of the molecule is CCS(=O)(=O)N(Cc1ccc(-c2nnc(C(F)F)o2)cn1)c1ccc2cnn(C)c2c1.CCS(=O)(=O)N(Cc1ccc(C(=O)CN)cn1)c1ccc2cnn(C)c2c1. The molecule has 0 radical (unpaired) electrons. The summed E-state index contributed by atoms with van der Waals surface area (Å²) >= 11 is 0. The van der Waals surface area contributed by atoms with Gasteiger partial charge in [-0.3, -0.25) is 32.7 Å². The molecule has 0 unspecified atom stereocenters. The van der Waals surface area contributed by atoms with Crippen molar-refractivity contribution in [1.82, 2.24) is 39.7 Å². The second-order valence-corrected chi connectivity index (χ2v) is 17.2. The predicted octanol–water partition coefficient (Wildman–Crippen LogP) is 4.78. The van der Waals surface area contributed by atoms with Crippen molar-refractivity contribution in [1.29, 1.82) is 0 Å². The van der Waals surface area contributed by atoms with Gasteiger partial charge in [0, 0.05) is 42.8 Å². The van der Waals surface area contributed by atoms with E-state index in [0.717, 1.165) is 21.8 Å². The molecule has 5 heterocycles. The second-order valence-electron chi connectivity index (χ2n) is 12.8. The Morgan fingerprint density at radius 1 is 0.741 bits per heavy atom. The first-order chi connectivity index (χ1) is 27.6. The first-order valence-electron chi connectivity index (χ1n) is 17.7. The molecule has 5 aromatic heterocycles. The molecule has 0 aliphatic heterocycles. The van der Waals surface area contributed by atoms with Gasteiger partial charge in [-0.1, -0.05) is 0 Å². The molecule has 7 rings (SSSR count). The number of Topliss-reactive ketones (excluding diaryl/α,β-unsaturated/α-hetero) is 1. The van der Waals surface area contributed by atoms with Gasteiger partial charge in [-0.2, -0.15) is 19.0 Å². The van der Waals surface area contributed by atoms with E-state index < -0.39 is 32.4 Å². The van der Waals surface area contributed by atoms with Crippen molar-refractivity contribution in [2.24, 2.45) is 19.8 Å². The van der Waals surface area contributed by atoms with Crippen molar-refractivity contribution in [2.45, 2.75) is 33.4 Å². The van der Waals surface area contributed by atoms with E-state index in [1.165, 1.54) is 21.0 Å². The monoisotopic (exact) mass is 835 g/mol. The van der Waals surface area contributed by atoms with E-state index >= 15 is 0 Å². The van der Waals surface area contributed by atoms with Crippen LogP contribution in [0, 0.1) is 0 Å². The Kier molecular flexibility index (Phi) is 12.2. The van der Waals surface area contributed by atoms with Gasteiger partial charge >= 0.3 is 6.43 Å². The van der Waals surface area contributed by atoms with Crippen molar-refractivity contribution in [3.05, 3.63) is 108 Å². The van der Waals surface area contributed by atoms with Gasteiger partial charge in [0.1, 0.15) is 0 Å². The number of anilines is 2. The molecular formula is C37H39F2N11O6S2. The number of carbonyl (C=O) groups is 1. The third kappa shape index (κ3) is 9.00. The number of hydrogen-bond acceptors (Lipinski definition) is 13. The van der Waals surface area contributed by atoms with Gasteiger partial charge in [-0.15, -0.1) is 10.2 Å². The van der Waals surface area contributed by atoms with Crippen LogP contribution in [0.15, 0.2) is 89.9 Å². The predicted molar refractivity (Wildman–Crippen MR) is 213 cm³/mol. The number of rotatable bonds is 14. The van der Waals surface area contributed by atoms with Crippen molar-refractivity contribution in [2.75, 3.05) is 26.7 Å². The number of nitrogens with zero attached hydrogens (tertiary/aromatic N) is 10. The second kappa shape index (κ2) is 17.1. The molecule has 304 valence electrons. The minimum absolute atomic E-state index is 0.00801. The topological polar surface area (TPSA) is 218 Å². The third-order valence-electron chi connectivity index (χ3n) is 9.08. The van der Waals surface area contributed by atoms with Crippen molar-refractivity contribution in [3.8, 4) is 11.5 Å². The van der Waals surface area contributed by atoms with Gasteiger partial charge in [0.25, 0.3) is 5.89 Å². The number of aryl methyl sites for hydroxylation is 2. The number of ketones is 1. The summed E-state index contributed by atoms with van der Waals surface area (Å²) < 4.78 is 87.1. The fourth-order valence-electron chi connectivity index (χ4n) is 5.77. The Balaban J connectivity index is 0.000000198. The average Bonchev–Trinajstić information content (AvgIpc) is 3.98. The molecule has 0 bridgehead atoms. The third-order valence-corrected chi connectivity index (χ3v) is 12.6. The van der Waals surface area contributed by atoms with E-state index in [9.17, 15) is 30.4 Å². The van der Waals surface area contributed by atoms with Crippen molar-refractivity contribution in [3.63, 3.8) is 0 Å². The van der Waals surface area contributed by atoms with Crippen LogP contribution in [-0.2, 0) is 47.2 Å². The summed E-state index contributed by atoms with van der Waals surface area (Å²) in [6, 6.07) is 17.1. The van der Waals surface area contributed by atoms with Gasteiger partial charge in [0.05, 0.1) is 82.9 Å². The number of fused-ring (bicyclic) bond motifs is 2. The van der Waals surface area contributed by atoms with Gasteiger partial charge in [-0.25, -0.2) is 16.8 Å². The maximum atomic E-state index is 12.8. The first-order valence-corrected chi connectivity index (χ1v) is 20.9. The minimum Gasteiger partial charge on any atom is -0.415 e. The number of aromatic nitrogens is 8. The van der Waals surface area contributed by atoms with E-state index in [2.05, 4.69) is 30.4 Å². The number of alkyl halides is 2. The molecule has 0 saturated heterocycles. The largest absolute Gasteiger partial charge is 0.415 e. The van der Waals surface area contributed by atoms with E-state index in [1.54, 1.807) is 98.2 Å². The van der Waals surface area contributed by atoms with Crippen LogP contribution in [0.2, 0.25) is 0 Å². The number of benzene rings is 2. The zero-order chi connectivity index (χ0) is 41.8. The molecule has 0 atom stereocenters. The van der Waals surface area contributed by atoms with Crippen LogP contribution >= 0.6 is 0 Å².